The third-order valence-electron chi connectivity index (χ3n) is 7.90. The molecule has 0 spiro atoms. The molecule has 1 aromatic carbocycles. The van der Waals surface area contributed by atoms with Crippen molar-refractivity contribution in [2.75, 3.05) is 32.1 Å². The van der Waals surface area contributed by atoms with Crippen LogP contribution in [0.4, 0.5) is 10.8 Å². The van der Waals surface area contributed by atoms with Gasteiger partial charge in [0.15, 0.2) is 5.58 Å². The minimum absolute atomic E-state index is 0.00757. The Labute approximate surface area is 200 Å². The predicted octanol–water partition coefficient (Wildman–Crippen LogP) is 3.24. The van der Waals surface area contributed by atoms with E-state index < -0.39 is 0 Å². The molecule has 1 aromatic heterocycles. The first-order chi connectivity index (χ1) is 16.4. The highest BCUT2D eigenvalue weighted by Crippen LogP contribution is 2.33. The van der Waals surface area contributed by atoms with Gasteiger partial charge in [-0.15, -0.1) is 0 Å². The minimum atomic E-state index is -0.326. The first kappa shape index (κ1) is 23.0. The van der Waals surface area contributed by atoms with Crippen LogP contribution in [0.25, 0.3) is 11.1 Å². The predicted molar refractivity (Wildman–Crippen MR) is 129 cm³/mol. The first-order valence-electron chi connectivity index (χ1n) is 12.4. The number of piperazine rings is 1. The highest BCUT2D eigenvalue weighted by atomic mass is 16.5. The van der Waals surface area contributed by atoms with E-state index in [0.29, 0.717) is 47.9 Å². The van der Waals surface area contributed by atoms with E-state index in [1.807, 2.05) is 32.0 Å². The number of ether oxygens (including phenoxy) is 1. The number of amides is 2. The van der Waals surface area contributed by atoms with Gasteiger partial charge in [0.25, 0.3) is 11.9 Å². The van der Waals surface area contributed by atoms with Crippen LogP contribution in [0.5, 0.6) is 0 Å². The molecule has 0 aliphatic carbocycles. The van der Waals surface area contributed by atoms with Gasteiger partial charge in [-0.3, -0.25) is 4.79 Å². The second-order valence-electron chi connectivity index (χ2n) is 10.2. The number of oxazole rings is 1. The number of methoxy groups -OCH3 is 1. The summed E-state index contributed by atoms with van der Waals surface area (Å²) in [6, 6.07) is 7.28. The third-order valence-corrected chi connectivity index (χ3v) is 7.90. The van der Waals surface area contributed by atoms with E-state index in [1.165, 1.54) is 26.4 Å². The van der Waals surface area contributed by atoms with E-state index in [0.717, 1.165) is 12.8 Å². The summed E-state index contributed by atoms with van der Waals surface area (Å²) in [4.78, 5) is 36.4. The number of anilines is 1. The number of nitrogens with zero attached hydrogens (tertiary/aromatic N) is 4. The average molecular weight is 470 g/mol. The summed E-state index contributed by atoms with van der Waals surface area (Å²) in [5.41, 5.74) is 1.72. The van der Waals surface area contributed by atoms with Gasteiger partial charge in [-0.05, 0) is 58.7 Å². The zero-order valence-electron chi connectivity index (χ0n) is 20.5. The molecule has 1 N–H and O–H groups in total. The second kappa shape index (κ2) is 9.09. The molecule has 4 atom stereocenters. The normalized spacial score (nSPS) is 29.8. The molecule has 0 radical (unpaired) electrons. The molecule has 3 saturated heterocycles. The van der Waals surface area contributed by atoms with Gasteiger partial charge < -0.3 is 29.2 Å². The highest BCUT2D eigenvalue weighted by molar-refractivity contribution is 6.04. The van der Waals surface area contributed by atoms with Crippen LogP contribution in [0.1, 0.15) is 56.3 Å². The highest BCUT2D eigenvalue weighted by Gasteiger charge is 2.37. The van der Waals surface area contributed by atoms with E-state index in [9.17, 15) is 9.59 Å². The first-order valence-corrected chi connectivity index (χ1v) is 12.4. The van der Waals surface area contributed by atoms with Crippen LogP contribution in [-0.4, -0.2) is 84.2 Å². The number of carbonyl (C=O) groups excluding carboxylic acids is 2. The van der Waals surface area contributed by atoms with Crippen molar-refractivity contribution in [1.29, 1.82) is 0 Å². The molecule has 2 amide bonds. The van der Waals surface area contributed by atoms with Crippen molar-refractivity contribution in [3.63, 3.8) is 0 Å². The molecule has 3 aliphatic heterocycles. The lowest BCUT2D eigenvalue weighted by molar-refractivity contribution is 0.0463. The largest absolute Gasteiger partial charge is 0.453 e. The van der Waals surface area contributed by atoms with E-state index in [4.69, 9.17) is 14.1 Å². The number of fused-ring (bicyclic) bond motifs is 3. The molecule has 184 valence electrons. The molecular formula is C25H35N5O4. The quantitative estimate of drug-likeness (QED) is 0.738. The van der Waals surface area contributed by atoms with Crippen LogP contribution in [0, 0.1) is 0 Å². The molecule has 0 saturated carbocycles. The number of piperidine rings is 2. The van der Waals surface area contributed by atoms with Crippen molar-refractivity contribution in [3.8, 4) is 0 Å². The molecule has 34 heavy (non-hydrogen) atoms. The number of hydrogen-bond acceptors (Lipinski definition) is 7. The minimum Gasteiger partial charge on any atom is -0.453 e. The van der Waals surface area contributed by atoms with Gasteiger partial charge in [0, 0.05) is 43.3 Å². The van der Waals surface area contributed by atoms with E-state index in [2.05, 4.69) is 22.2 Å². The molecule has 9 heteroatoms. The van der Waals surface area contributed by atoms with E-state index >= 15 is 0 Å². The molecule has 3 aliphatic rings. The zero-order chi connectivity index (χ0) is 24.0. The van der Waals surface area contributed by atoms with Crippen LogP contribution < -0.4 is 10.2 Å². The monoisotopic (exact) mass is 469 g/mol. The maximum Gasteiger partial charge on any atom is 0.409 e. The van der Waals surface area contributed by atoms with Gasteiger partial charge in [-0.1, -0.05) is 12.5 Å². The molecule has 5 rings (SSSR count). The number of aromatic nitrogens is 1. The van der Waals surface area contributed by atoms with Gasteiger partial charge in [0.2, 0.25) is 0 Å². The van der Waals surface area contributed by atoms with Crippen LogP contribution in [0.2, 0.25) is 0 Å². The Kier molecular flexibility index (Phi) is 6.14. The average Bonchev–Trinajstić information content (AvgIpc) is 3.22. The number of carbonyl (C=O) groups is 2. The summed E-state index contributed by atoms with van der Waals surface area (Å²) in [6.45, 7) is 5.10. The van der Waals surface area contributed by atoms with E-state index in [-0.39, 0.29) is 30.1 Å². The third kappa shape index (κ3) is 4.10. The lowest BCUT2D eigenvalue weighted by atomic mass is 9.82. The summed E-state index contributed by atoms with van der Waals surface area (Å²) < 4.78 is 11.0. The number of rotatable bonds is 3. The van der Waals surface area contributed by atoms with Gasteiger partial charge in [0.1, 0.15) is 5.52 Å². The van der Waals surface area contributed by atoms with Crippen LogP contribution in [0.15, 0.2) is 22.6 Å². The standard InChI is InChI=1S/C25H35N5O4/c1-15-13-29(25(32)33-4)14-16(2)30(15)24-27-22-20(9-6-10-21(22)34-24)23(31)26-17-11-18-7-5-8-19(12-17)28(18)3/h6,9-10,15-19H,5,7-8,11-14H2,1-4H3,(H,26,31)/t15-,16-,17?,18?,19?/m0/s1. The Bertz CT molecular complexity index is 1040. The van der Waals surface area contributed by atoms with Crippen molar-refractivity contribution in [2.45, 2.75) is 76.2 Å². The number of nitrogens with one attached hydrogen (secondary N) is 1. The SMILES string of the molecule is COC(=O)N1C[C@H](C)N(c2nc3c(C(=O)NC4CC5CCCC(C4)N5C)cccc3o2)[C@@H](C)C1. The maximum absolute atomic E-state index is 13.3. The fourth-order valence-electron chi connectivity index (χ4n) is 6.21. The lowest BCUT2D eigenvalue weighted by Gasteiger charge is -2.47. The number of benzene rings is 1. The Morgan fingerprint density at radius 1 is 1.12 bits per heavy atom. The van der Waals surface area contributed by atoms with Crippen LogP contribution >= 0.6 is 0 Å². The van der Waals surface area contributed by atoms with Crippen molar-refractivity contribution in [3.05, 3.63) is 23.8 Å². The van der Waals surface area contributed by atoms with Crippen LogP contribution in [0.3, 0.4) is 0 Å². The maximum atomic E-state index is 13.3. The summed E-state index contributed by atoms with van der Waals surface area (Å²) >= 11 is 0. The smallest absolute Gasteiger partial charge is 0.409 e. The molecular weight excluding hydrogens is 434 g/mol. The molecule has 4 heterocycles. The summed E-state index contributed by atoms with van der Waals surface area (Å²) in [7, 11) is 3.62. The topological polar surface area (TPSA) is 91.1 Å². The Morgan fingerprint density at radius 2 is 1.79 bits per heavy atom. The Balaban J connectivity index is 1.35. The van der Waals surface area contributed by atoms with Crippen molar-refractivity contribution < 1.29 is 18.7 Å². The van der Waals surface area contributed by atoms with Crippen LogP contribution in [-0.2, 0) is 4.74 Å². The van der Waals surface area contributed by atoms with Gasteiger partial charge in [-0.2, -0.15) is 4.98 Å². The second-order valence-corrected chi connectivity index (χ2v) is 10.2. The lowest BCUT2D eigenvalue weighted by Crippen LogP contribution is -2.58. The van der Waals surface area contributed by atoms with Crippen molar-refractivity contribution >= 4 is 29.1 Å². The molecule has 2 aromatic rings. The Morgan fingerprint density at radius 3 is 2.44 bits per heavy atom. The zero-order valence-corrected chi connectivity index (χ0v) is 20.5. The van der Waals surface area contributed by atoms with Crippen molar-refractivity contribution in [1.82, 2.24) is 20.1 Å². The summed E-state index contributed by atoms with van der Waals surface area (Å²) in [6.07, 6.45) is 5.37. The van der Waals surface area contributed by atoms with E-state index in [1.54, 1.807) is 4.90 Å². The fraction of sp³-hybridized carbons (Fsp3) is 0.640. The summed E-state index contributed by atoms with van der Waals surface area (Å²) in [5, 5.41) is 3.29. The fourth-order valence-corrected chi connectivity index (χ4v) is 6.21. The Hall–Kier alpha value is -2.81. The molecule has 2 unspecified atom stereocenters. The summed E-state index contributed by atoms with van der Waals surface area (Å²) in [5.74, 6) is -0.0883. The van der Waals surface area contributed by atoms with Gasteiger partial charge in [-0.25, -0.2) is 4.79 Å². The van der Waals surface area contributed by atoms with Crippen molar-refractivity contribution in [2.24, 2.45) is 0 Å². The number of para-hydroxylation sites is 1. The van der Waals surface area contributed by atoms with Gasteiger partial charge >= 0.3 is 6.09 Å². The number of hydrogen-bond donors (Lipinski definition) is 1. The van der Waals surface area contributed by atoms with Gasteiger partial charge in [0.05, 0.1) is 12.7 Å². The molecule has 3 fully saturated rings. The molecule has 2 bridgehead atoms. The molecule has 9 nitrogen and oxygen atoms in total.